The molecule has 1 saturated heterocycles. The van der Waals surface area contributed by atoms with Crippen LogP contribution in [-0.4, -0.2) is 43.4 Å². The minimum absolute atomic E-state index is 0.143. The van der Waals surface area contributed by atoms with Crippen LogP contribution in [0.5, 0.6) is 5.75 Å². The highest BCUT2D eigenvalue weighted by Crippen LogP contribution is 2.44. The quantitative estimate of drug-likeness (QED) is 0.533. The van der Waals surface area contributed by atoms with E-state index in [0.717, 1.165) is 57.4 Å². The number of nitrogens with one attached hydrogen (secondary N) is 2. The smallest absolute Gasteiger partial charge is 0.275 e. The number of amides is 1. The number of hydrogen-bond donors (Lipinski definition) is 3. The topological polar surface area (TPSA) is 63.0 Å². The molecule has 0 aromatic heterocycles. The molecule has 31 heavy (non-hydrogen) atoms. The number of methoxy groups -OCH3 is 1. The van der Waals surface area contributed by atoms with Crippen LogP contribution in [0.15, 0.2) is 24.3 Å². The second-order valence-electron chi connectivity index (χ2n) is 9.76. The molecule has 1 amide bonds. The van der Waals surface area contributed by atoms with Crippen LogP contribution >= 0.6 is 0 Å². The van der Waals surface area contributed by atoms with Crippen LogP contribution in [0, 0.1) is 11.8 Å². The Bertz CT molecular complexity index is 692. The lowest BCUT2D eigenvalue weighted by atomic mass is 9.66. The molecule has 0 spiro atoms. The lowest BCUT2D eigenvalue weighted by Gasteiger charge is -2.50. The minimum atomic E-state index is -0.587. The second-order valence-corrected chi connectivity index (χ2v) is 9.76. The van der Waals surface area contributed by atoms with Gasteiger partial charge in [-0.3, -0.25) is 4.79 Å². The van der Waals surface area contributed by atoms with E-state index in [4.69, 9.17) is 4.74 Å². The van der Waals surface area contributed by atoms with E-state index >= 15 is 0 Å². The van der Waals surface area contributed by atoms with Crippen molar-refractivity contribution in [1.82, 2.24) is 5.32 Å². The maximum absolute atomic E-state index is 12.9. The van der Waals surface area contributed by atoms with Gasteiger partial charge in [0.1, 0.15) is 11.8 Å². The number of rotatable bonds is 10. The molecular formula is C26H43N2O3+. The fraction of sp³-hybridized carbons (Fsp3) is 0.731. The molecule has 0 radical (unpaired) electrons. The van der Waals surface area contributed by atoms with E-state index in [2.05, 4.69) is 31.3 Å². The maximum atomic E-state index is 12.9. The van der Waals surface area contributed by atoms with Gasteiger partial charge in [0, 0.05) is 24.4 Å². The third kappa shape index (κ3) is 6.01. The molecule has 1 unspecified atom stereocenters. The van der Waals surface area contributed by atoms with Crippen LogP contribution in [0.2, 0.25) is 0 Å². The van der Waals surface area contributed by atoms with Gasteiger partial charge in [0.2, 0.25) is 0 Å². The number of hydrogen-bond acceptors (Lipinski definition) is 3. The first-order valence-electron chi connectivity index (χ1n) is 12.5. The van der Waals surface area contributed by atoms with Gasteiger partial charge in [-0.25, -0.2) is 0 Å². The Morgan fingerprint density at radius 1 is 1.26 bits per heavy atom. The molecule has 1 saturated carbocycles. The third-order valence-corrected chi connectivity index (χ3v) is 7.78. The van der Waals surface area contributed by atoms with Crippen molar-refractivity contribution in [3.63, 3.8) is 0 Å². The summed E-state index contributed by atoms with van der Waals surface area (Å²) in [4.78, 5) is 14.2. The van der Waals surface area contributed by atoms with Gasteiger partial charge in [-0.1, -0.05) is 46.0 Å². The number of quaternary nitrogens is 1. The Labute approximate surface area is 188 Å². The van der Waals surface area contributed by atoms with Gasteiger partial charge in [0.05, 0.1) is 19.3 Å². The highest BCUT2D eigenvalue weighted by atomic mass is 16.5. The van der Waals surface area contributed by atoms with E-state index in [1.165, 1.54) is 29.7 Å². The minimum Gasteiger partial charge on any atom is -0.497 e. The van der Waals surface area contributed by atoms with Crippen molar-refractivity contribution in [3.8, 4) is 5.75 Å². The fourth-order valence-corrected chi connectivity index (χ4v) is 5.80. The molecule has 1 aromatic rings. The Balaban J connectivity index is 1.71. The summed E-state index contributed by atoms with van der Waals surface area (Å²) in [5, 5.41) is 14.6. The van der Waals surface area contributed by atoms with E-state index in [-0.39, 0.29) is 17.9 Å². The summed E-state index contributed by atoms with van der Waals surface area (Å²) in [5.41, 5.74) is 0.624. The van der Waals surface area contributed by atoms with Crippen molar-refractivity contribution < 1.29 is 19.5 Å². The highest BCUT2D eigenvalue weighted by Gasteiger charge is 2.51. The third-order valence-electron chi connectivity index (χ3n) is 7.78. The van der Waals surface area contributed by atoms with E-state index in [9.17, 15) is 9.90 Å². The van der Waals surface area contributed by atoms with Crippen LogP contribution in [0.4, 0.5) is 0 Å². The Kier molecular flexibility index (Phi) is 8.79. The number of ether oxygens (including phenoxy) is 1. The van der Waals surface area contributed by atoms with Crippen LogP contribution < -0.4 is 15.0 Å². The maximum Gasteiger partial charge on any atom is 0.275 e. The number of aliphatic hydroxyl groups is 1. The standard InChI is InChI=1S/C26H42N2O3/c1-4-6-9-20(5-2)18-27-24(29)19-28-17-16-26(30)15-8-7-10-23(26)25(28)21-11-13-22(31-3)14-12-21/h11-14,20,23,25,30H,4-10,15-19H2,1-3H3,(H,27,29)/p+1/t20-,23+,25-,26+/m0/s1. The SMILES string of the molecule is CCCC[C@H](CC)CNC(=O)C[NH+]1CC[C@]2(O)CCCC[C@@H]2[C@@H]1c1ccc(OC)cc1. The number of benzene rings is 1. The van der Waals surface area contributed by atoms with E-state index in [1.807, 2.05) is 12.1 Å². The summed E-state index contributed by atoms with van der Waals surface area (Å²) >= 11 is 0. The van der Waals surface area contributed by atoms with Gasteiger partial charge < -0.3 is 20.1 Å². The van der Waals surface area contributed by atoms with E-state index < -0.39 is 5.60 Å². The first kappa shape index (κ1) is 24.1. The highest BCUT2D eigenvalue weighted by molar-refractivity contribution is 5.76. The van der Waals surface area contributed by atoms with Gasteiger partial charge in [0.15, 0.2) is 6.54 Å². The summed E-state index contributed by atoms with van der Waals surface area (Å²) in [6.07, 6.45) is 9.71. The summed E-state index contributed by atoms with van der Waals surface area (Å²) in [7, 11) is 1.68. The molecule has 5 nitrogen and oxygen atoms in total. The number of unbranched alkanes of at least 4 members (excludes halogenated alkanes) is 1. The normalized spacial score (nSPS) is 29.1. The first-order valence-corrected chi connectivity index (χ1v) is 12.5. The Morgan fingerprint density at radius 2 is 2.03 bits per heavy atom. The molecule has 1 aromatic carbocycles. The van der Waals surface area contributed by atoms with Crippen molar-refractivity contribution in [2.45, 2.75) is 83.3 Å². The van der Waals surface area contributed by atoms with Crippen molar-refractivity contribution in [2.75, 3.05) is 26.7 Å². The zero-order valence-corrected chi connectivity index (χ0v) is 19.8. The van der Waals surface area contributed by atoms with Crippen molar-refractivity contribution >= 4 is 5.91 Å². The largest absolute Gasteiger partial charge is 0.497 e. The molecule has 0 bridgehead atoms. The molecule has 5 atom stereocenters. The van der Waals surface area contributed by atoms with Gasteiger partial charge >= 0.3 is 0 Å². The average molecular weight is 432 g/mol. The fourth-order valence-electron chi connectivity index (χ4n) is 5.80. The van der Waals surface area contributed by atoms with Crippen molar-refractivity contribution in [1.29, 1.82) is 0 Å². The van der Waals surface area contributed by atoms with E-state index in [0.29, 0.717) is 12.5 Å². The van der Waals surface area contributed by atoms with Crippen LogP contribution in [0.1, 0.15) is 83.2 Å². The molecule has 3 rings (SSSR count). The predicted molar refractivity (Wildman–Crippen MR) is 124 cm³/mol. The molecule has 3 N–H and O–H groups in total. The monoisotopic (exact) mass is 431 g/mol. The molecule has 1 heterocycles. The molecule has 2 fully saturated rings. The van der Waals surface area contributed by atoms with Crippen LogP contribution in [0.3, 0.4) is 0 Å². The zero-order valence-electron chi connectivity index (χ0n) is 19.8. The van der Waals surface area contributed by atoms with Gasteiger partial charge in [-0.05, 0) is 49.4 Å². The van der Waals surface area contributed by atoms with Crippen molar-refractivity contribution in [3.05, 3.63) is 29.8 Å². The number of carbonyl (C=O) groups excluding carboxylic acids is 1. The van der Waals surface area contributed by atoms with Crippen LogP contribution in [0.25, 0.3) is 0 Å². The number of carbonyl (C=O) groups is 1. The summed E-state index contributed by atoms with van der Waals surface area (Å²) in [6.45, 7) is 6.53. The summed E-state index contributed by atoms with van der Waals surface area (Å²) < 4.78 is 5.35. The van der Waals surface area contributed by atoms with Crippen molar-refractivity contribution in [2.24, 2.45) is 11.8 Å². The lowest BCUT2D eigenvalue weighted by molar-refractivity contribution is -0.937. The number of fused-ring (bicyclic) bond motifs is 1. The van der Waals surface area contributed by atoms with Gasteiger partial charge in [-0.15, -0.1) is 0 Å². The van der Waals surface area contributed by atoms with Gasteiger partial charge in [-0.2, -0.15) is 0 Å². The second kappa shape index (κ2) is 11.3. The molecule has 5 heteroatoms. The lowest BCUT2D eigenvalue weighted by Crippen LogP contribution is -3.16. The predicted octanol–water partition coefficient (Wildman–Crippen LogP) is 3.28. The number of likely N-dealkylation sites (tertiary alicyclic amines) is 1. The van der Waals surface area contributed by atoms with E-state index in [1.54, 1.807) is 7.11 Å². The average Bonchev–Trinajstić information content (AvgIpc) is 2.79. The molecule has 174 valence electrons. The molecule has 1 aliphatic carbocycles. The molecule has 1 aliphatic heterocycles. The molecular weight excluding hydrogens is 388 g/mol. The zero-order chi connectivity index (χ0) is 22.3. The Morgan fingerprint density at radius 3 is 2.71 bits per heavy atom. The summed E-state index contributed by atoms with van der Waals surface area (Å²) in [6, 6.07) is 8.41. The van der Waals surface area contributed by atoms with Crippen LogP contribution in [-0.2, 0) is 4.79 Å². The summed E-state index contributed by atoms with van der Waals surface area (Å²) in [5.74, 6) is 1.76. The van der Waals surface area contributed by atoms with Gasteiger partial charge in [0.25, 0.3) is 5.91 Å². The number of piperidine rings is 1. The Hall–Kier alpha value is -1.59. The molecule has 2 aliphatic rings. The first-order chi connectivity index (χ1) is 15.0.